The number of nitrogens with two attached hydrogens (primary N) is 1. The minimum Gasteiger partial charge on any atom is -0.303 e. The molecule has 0 fully saturated rings. The molecule has 1 aromatic rings. The van der Waals surface area contributed by atoms with Gasteiger partial charge in [0, 0.05) is 25.9 Å². The summed E-state index contributed by atoms with van der Waals surface area (Å²) in [6.45, 7) is 1.88. The molecule has 0 saturated carbocycles. The Labute approximate surface area is 77.1 Å². The number of nitrogens with one attached hydrogen (secondary N) is 2. The standard InChI is InChI=1S/C7H14N6/c1-5-4-6(12-13(2)3)10-7(9-5)11-8/h4H,8H2,1-3H3,(H2,9,10,11,12). The number of hydrazine groups is 2. The normalized spacial score (nSPS) is 10.2. The Bertz CT molecular complexity index is 284. The third kappa shape index (κ3) is 2.85. The second-order valence-corrected chi connectivity index (χ2v) is 2.87. The van der Waals surface area contributed by atoms with Crippen LogP contribution in [0.4, 0.5) is 11.8 Å². The summed E-state index contributed by atoms with van der Waals surface area (Å²) in [6, 6.07) is 1.83. The molecule has 1 heterocycles. The number of hydrogen-bond donors (Lipinski definition) is 3. The molecular formula is C7H14N6. The number of anilines is 2. The molecule has 0 atom stereocenters. The van der Waals surface area contributed by atoms with Crippen LogP contribution in [0.25, 0.3) is 0 Å². The smallest absolute Gasteiger partial charge is 0.239 e. The maximum Gasteiger partial charge on any atom is 0.239 e. The average Bonchev–Trinajstić information content (AvgIpc) is 2.01. The van der Waals surface area contributed by atoms with Crippen molar-refractivity contribution in [2.45, 2.75) is 6.92 Å². The van der Waals surface area contributed by atoms with Crippen LogP contribution in [-0.4, -0.2) is 29.1 Å². The molecule has 0 aliphatic heterocycles. The SMILES string of the molecule is Cc1cc(NN(C)C)nc(NN)n1. The summed E-state index contributed by atoms with van der Waals surface area (Å²) >= 11 is 0. The van der Waals surface area contributed by atoms with Crippen LogP contribution >= 0.6 is 0 Å². The molecule has 0 saturated heterocycles. The third-order valence-corrected chi connectivity index (χ3v) is 1.32. The van der Waals surface area contributed by atoms with Gasteiger partial charge in [-0.05, 0) is 6.92 Å². The molecule has 6 nitrogen and oxygen atoms in total. The van der Waals surface area contributed by atoms with E-state index in [9.17, 15) is 0 Å². The van der Waals surface area contributed by atoms with Crippen molar-refractivity contribution < 1.29 is 0 Å². The summed E-state index contributed by atoms with van der Waals surface area (Å²) in [5.41, 5.74) is 6.26. The van der Waals surface area contributed by atoms with E-state index in [0.717, 1.165) is 5.69 Å². The Morgan fingerprint density at radius 3 is 2.62 bits per heavy atom. The van der Waals surface area contributed by atoms with Crippen molar-refractivity contribution in [2.24, 2.45) is 5.84 Å². The maximum atomic E-state index is 5.20. The predicted molar refractivity (Wildman–Crippen MR) is 51.9 cm³/mol. The minimum absolute atomic E-state index is 0.407. The van der Waals surface area contributed by atoms with Crippen LogP contribution in [0.1, 0.15) is 5.69 Å². The Hall–Kier alpha value is -1.40. The first kappa shape index (κ1) is 9.69. The molecule has 72 valence electrons. The van der Waals surface area contributed by atoms with E-state index in [2.05, 4.69) is 20.8 Å². The van der Waals surface area contributed by atoms with Gasteiger partial charge in [-0.1, -0.05) is 0 Å². The Balaban J connectivity index is 2.88. The molecule has 0 unspecified atom stereocenters. The molecule has 13 heavy (non-hydrogen) atoms. The van der Waals surface area contributed by atoms with Gasteiger partial charge in [0.25, 0.3) is 0 Å². The number of aryl methyl sites for hydroxylation is 1. The molecule has 1 rings (SSSR count). The highest BCUT2D eigenvalue weighted by Gasteiger charge is 2.00. The van der Waals surface area contributed by atoms with E-state index < -0.39 is 0 Å². The molecular weight excluding hydrogens is 168 g/mol. The van der Waals surface area contributed by atoms with Crippen LogP contribution in [0.2, 0.25) is 0 Å². The Morgan fingerprint density at radius 2 is 2.08 bits per heavy atom. The monoisotopic (exact) mass is 182 g/mol. The topological polar surface area (TPSA) is 79.1 Å². The zero-order chi connectivity index (χ0) is 9.84. The maximum absolute atomic E-state index is 5.20. The van der Waals surface area contributed by atoms with Crippen LogP contribution in [-0.2, 0) is 0 Å². The van der Waals surface area contributed by atoms with Gasteiger partial charge in [-0.2, -0.15) is 4.98 Å². The van der Waals surface area contributed by atoms with Gasteiger partial charge in [0.1, 0.15) is 5.82 Å². The molecule has 0 spiro atoms. The first-order chi connectivity index (χ1) is 6.11. The highest BCUT2D eigenvalue weighted by molar-refractivity contribution is 5.40. The molecule has 1 aromatic heterocycles. The van der Waals surface area contributed by atoms with E-state index in [1.165, 1.54) is 0 Å². The van der Waals surface area contributed by atoms with Crippen molar-refractivity contribution in [3.05, 3.63) is 11.8 Å². The lowest BCUT2D eigenvalue weighted by atomic mass is 10.4. The van der Waals surface area contributed by atoms with E-state index in [1.807, 2.05) is 27.1 Å². The summed E-state index contributed by atoms with van der Waals surface area (Å²) in [5.74, 6) is 6.32. The largest absolute Gasteiger partial charge is 0.303 e. The quantitative estimate of drug-likeness (QED) is 0.449. The van der Waals surface area contributed by atoms with E-state index >= 15 is 0 Å². The molecule has 0 aromatic carbocycles. The first-order valence-corrected chi connectivity index (χ1v) is 3.88. The number of rotatable bonds is 3. The van der Waals surface area contributed by atoms with Gasteiger partial charge in [0.2, 0.25) is 5.95 Å². The number of nitrogen functional groups attached to an aromatic ring is 1. The second kappa shape index (κ2) is 4.01. The van der Waals surface area contributed by atoms with Crippen LogP contribution in [0, 0.1) is 6.92 Å². The van der Waals surface area contributed by atoms with Crippen LogP contribution in [0.5, 0.6) is 0 Å². The van der Waals surface area contributed by atoms with Gasteiger partial charge < -0.3 is 5.43 Å². The van der Waals surface area contributed by atoms with Gasteiger partial charge in [0.05, 0.1) is 0 Å². The van der Waals surface area contributed by atoms with E-state index in [-0.39, 0.29) is 0 Å². The van der Waals surface area contributed by atoms with Crippen LogP contribution in [0.15, 0.2) is 6.07 Å². The van der Waals surface area contributed by atoms with Crippen molar-refractivity contribution in [3.8, 4) is 0 Å². The summed E-state index contributed by atoms with van der Waals surface area (Å²) < 4.78 is 0. The van der Waals surface area contributed by atoms with E-state index in [4.69, 9.17) is 5.84 Å². The van der Waals surface area contributed by atoms with E-state index in [1.54, 1.807) is 5.01 Å². The first-order valence-electron chi connectivity index (χ1n) is 3.88. The predicted octanol–water partition coefficient (Wildman–Crippen LogP) is -0.0409. The Morgan fingerprint density at radius 1 is 1.38 bits per heavy atom. The lowest BCUT2D eigenvalue weighted by Gasteiger charge is -2.13. The number of hydrogen-bond acceptors (Lipinski definition) is 6. The Kier molecular flexibility index (Phi) is 2.99. The summed E-state index contributed by atoms with van der Waals surface area (Å²) in [5, 5.41) is 1.79. The van der Waals surface area contributed by atoms with Crippen LogP contribution in [0.3, 0.4) is 0 Å². The molecule has 0 radical (unpaired) electrons. The van der Waals surface area contributed by atoms with Crippen molar-refractivity contribution in [3.63, 3.8) is 0 Å². The average molecular weight is 182 g/mol. The highest BCUT2D eigenvalue weighted by atomic mass is 15.5. The summed E-state index contributed by atoms with van der Waals surface area (Å²) in [7, 11) is 3.76. The van der Waals surface area contributed by atoms with Gasteiger partial charge >= 0.3 is 0 Å². The third-order valence-electron chi connectivity index (χ3n) is 1.32. The lowest BCUT2D eigenvalue weighted by molar-refractivity contribution is 0.492. The number of nitrogens with zero attached hydrogens (tertiary/aromatic N) is 3. The van der Waals surface area contributed by atoms with Crippen molar-refractivity contribution in [1.29, 1.82) is 0 Å². The second-order valence-electron chi connectivity index (χ2n) is 2.87. The zero-order valence-corrected chi connectivity index (χ0v) is 8.00. The fraction of sp³-hybridized carbons (Fsp3) is 0.429. The van der Waals surface area contributed by atoms with Crippen molar-refractivity contribution in [2.75, 3.05) is 24.9 Å². The van der Waals surface area contributed by atoms with Crippen molar-refractivity contribution >= 4 is 11.8 Å². The molecule has 4 N–H and O–H groups in total. The minimum atomic E-state index is 0.407. The molecule has 0 amide bonds. The molecule has 0 aliphatic rings. The lowest BCUT2D eigenvalue weighted by Crippen LogP contribution is -2.21. The van der Waals surface area contributed by atoms with Crippen LogP contribution < -0.4 is 16.7 Å². The van der Waals surface area contributed by atoms with Gasteiger partial charge in [-0.3, -0.25) is 5.43 Å². The summed E-state index contributed by atoms with van der Waals surface area (Å²) in [4.78, 5) is 8.15. The molecule has 0 aliphatic carbocycles. The summed E-state index contributed by atoms with van der Waals surface area (Å²) in [6.07, 6.45) is 0. The fourth-order valence-corrected chi connectivity index (χ4v) is 0.919. The molecule has 0 bridgehead atoms. The zero-order valence-electron chi connectivity index (χ0n) is 8.00. The molecule has 6 heteroatoms. The number of aromatic nitrogens is 2. The van der Waals surface area contributed by atoms with Gasteiger partial charge in [-0.25, -0.2) is 15.8 Å². The van der Waals surface area contributed by atoms with Gasteiger partial charge in [-0.15, -0.1) is 0 Å². The highest BCUT2D eigenvalue weighted by Crippen LogP contribution is 2.08. The van der Waals surface area contributed by atoms with Crippen molar-refractivity contribution in [1.82, 2.24) is 15.0 Å². The fourth-order valence-electron chi connectivity index (χ4n) is 0.919. The van der Waals surface area contributed by atoms with Gasteiger partial charge in [0.15, 0.2) is 0 Å². The van der Waals surface area contributed by atoms with E-state index in [0.29, 0.717) is 11.8 Å².